The van der Waals surface area contributed by atoms with Crippen LogP contribution < -0.4 is 15.0 Å². The Bertz CT molecular complexity index is 713. The Hall–Kier alpha value is -2.24. The van der Waals surface area contributed by atoms with Crippen molar-refractivity contribution in [3.05, 3.63) is 53.6 Å². The highest BCUT2D eigenvalue weighted by Crippen LogP contribution is 2.21. The summed E-state index contributed by atoms with van der Waals surface area (Å²) in [5, 5.41) is 3.43. The van der Waals surface area contributed by atoms with E-state index in [9.17, 15) is 4.79 Å². The van der Waals surface area contributed by atoms with Crippen LogP contribution in [0.4, 0.5) is 11.4 Å². The average Bonchev–Trinajstić information content (AvgIpc) is 2.64. The summed E-state index contributed by atoms with van der Waals surface area (Å²) in [7, 11) is 1.67. The molecule has 132 valence electrons. The molecular weight excluding hydrogens is 338 g/mol. The largest absolute Gasteiger partial charge is 0.497 e. The van der Waals surface area contributed by atoms with Gasteiger partial charge in [0.05, 0.1) is 24.4 Å². The first-order valence-electron chi connectivity index (χ1n) is 8.31. The number of amides is 1. The Kier molecular flexibility index (Phi) is 5.79. The van der Waals surface area contributed by atoms with Crippen LogP contribution in [0.1, 0.15) is 0 Å². The third kappa shape index (κ3) is 4.65. The Labute approximate surface area is 153 Å². The fourth-order valence-electron chi connectivity index (χ4n) is 2.91. The normalized spacial score (nSPS) is 15.0. The minimum atomic E-state index is -0.0361. The molecule has 3 rings (SSSR count). The summed E-state index contributed by atoms with van der Waals surface area (Å²) in [5.74, 6) is 0.824. The third-order valence-electron chi connectivity index (χ3n) is 4.33. The van der Waals surface area contributed by atoms with Crippen LogP contribution in [0.15, 0.2) is 48.5 Å². The van der Waals surface area contributed by atoms with Crippen molar-refractivity contribution in [2.24, 2.45) is 0 Å². The van der Waals surface area contributed by atoms with E-state index in [1.54, 1.807) is 13.2 Å². The van der Waals surface area contributed by atoms with E-state index < -0.39 is 0 Å². The second-order valence-electron chi connectivity index (χ2n) is 5.99. The molecule has 6 heteroatoms. The summed E-state index contributed by atoms with van der Waals surface area (Å²) in [6.07, 6.45) is 0. The highest BCUT2D eigenvalue weighted by atomic mass is 35.5. The van der Waals surface area contributed by atoms with Crippen molar-refractivity contribution in [2.45, 2.75) is 0 Å². The minimum absolute atomic E-state index is 0.0361. The standard InChI is InChI=1S/C19H22ClN3O2/c1-25-16-8-6-15(7-9-16)23-12-10-22(11-13-23)14-19(24)21-18-5-3-2-4-17(18)20/h2-9H,10-14H2,1H3,(H,21,24). The molecule has 0 aromatic heterocycles. The van der Waals surface area contributed by atoms with Crippen LogP contribution >= 0.6 is 11.6 Å². The van der Waals surface area contributed by atoms with E-state index in [4.69, 9.17) is 16.3 Å². The molecule has 0 radical (unpaired) electrons. The molecule has 2 aromatic carbocycles. The zero-order valence-corrected chi connectivity index (χ0v) is 15.0. The lowest BCUT2D eigenvalue weighted by Gasteiger charge is -2.35. The minimum Gasteiger partial charge on any atom is -0.497 e. The van der Waals surface area contributed by atoms with E-state index >= 15 is 0 Å². The van der Waals surface area contributed by atoms with Crippen LogP contribution in [0, 0.1) is 0 Å². The Morgan fingerprint density at radius 1 is 1.08 bits per heavy atom. The van der Waals surface area contributed by atoms with Crippen molar-refractivity contribution < 1.29 is 9.53 Å². The third-order valence-corrected chi connectivity index (χ3v) is 4.65. The number of para-hydroxylation sites is 1. The van der Waals surface area contributed by atoms with Gasteiger partial charge in [0.1, 0.15) is 5.75 Å². The molecule has 1 saturated heterocycles. The van der Waals surface area contributed by atoms with Crippen molar-refractivity contribution in [3.63, 3.8) is 0 Å². The van der Waals surface area contributed by atoms with E-state index in [0.717, 1.165) is 31.9 Å². The van der Waals surface area contributed by atoms with Crippen LogP contribution in [0.2, 0.25) is 5.02 Å². The van der Waals surface area contributed by atoms with Gasteiger partial charge < -0.3 is 15.0 Å². The maximum atomic E-state index is 12.2. The van der Waals surface area contributed by atoms with Gasteiger partial charge in [-0.05, 0) is 36.4 Å². The van der Waals surface area contributed by atoms with Gasteiger partial charge >= 0.3 is 0 Å². The van der Waals surface area contributed by atoms with Gasteiger partial charge in [-0.25, -0.2) is 0 Å². The number of anilines is 2. The number of halogens is 1. The van der Waals surface area contributed by atoms with Crippen LogP contribution in [-0.2, 0) is 4.79 Å². The number of piperazine rings is 1. The number of nitrogens with zero attached hydrogens (tertiary/aromatic N) is 2. The molecular formula is C19H22ClN3O2. The predicted molar refractivity (Wildman–Crippen MR) is 102 cm³/mol. The molecule has 1 amide bonds. The lowest BCUT2D eigenvalue weighted by atomic mass is 10.2. The van der Waals surface area contributed by atoms with Gasteiger partial charge in [-0.3, -0.25) is 9.69 Å². The van der Waals surface area contributed by atoms with Crippen molar-refractivity contribution in [3.8, 4) is 5.75 Å². The van der Waals surface area contributed by atoms with Gasteiger partial charge in [0.2, 0.25) is 5.91 Å². The fourth-order valence-corrected chi connectivity index (χ4v) is 3.10. The molecule has 5 nitrogen and oxygen atoms in total. The van der Waals surface area contributed by atoms with E-state index in [-0.39, 0.29) is 5.91 Å². The summed E-state index contributed by atoms with van der Waals surface area (Å²) in [5.41, 5.74) is 1.84. The molecule has 1 aliphatic heterocycles. The number of benzene rings is 2. The molecule has 0 aliphatic carbocycles. The molecule has 0 atom stereocenters. The smallest absolute Gasteiger partial charge is 0.238 e. The van der Waals surface area contributed by atoms with Gasteiger partial charge in [-0.2, -0.15) is 0 Å². The number of carbonyl (C=O) groups excluding carboxylic acids is 1. The van der Waals surface area contributed by atoms with Gasteiger partial charge in [0.15, 0.2) is 0 Å². The highest BCUT2D eigenvalue weighted by Gasteiger charge is 2.19. The van der Waals surface area contributed by atoms with Gasteiger partial charge in [0, 0.05) is 31.9 Å². The lowest BCUT2D eigenvalue weighted by molar-refractivity contribution is -0.117. The first-order valence-corrected chi connectivity index (χ1v) is 8.69. The van der Waals surface area contributed by atoms with Crippen molar-refractivity contribution >= 4 is 28.9 Å². The zero-order valence-electron chi connectivity index (χ0n) is 14.2. The number of hydrogen-bond donors (Lipinski definition) is 1. The van der Waals surface area contributed by atoms with Gasteiger partial charge in [-0.15, -0.1) is 0 Å². The monoisotopic (exact) mass is 359 g/mol. The molecule has 1 aliphatic rings. The summed E-state index contributed by atoms with van der Waals surface area (Å²) in [4.78, 5) is 16.7. The average molecular weight is 360 g/mol. The van der Waals surface area contributed by atoms with E-state index in [1.165, 1.54) is 5.69 Å². The van der Waals surface area contributed by atoms with Gasteiger partial charge in [-0.1, -0.05) is 23.7 Å². The molecule has 0 unspecified atom stereocenters. The van der Waals surface area contributed by atoms with Gasteiger partial charge in [0.25, 0.3) is 0 Å². The first-order chi connectivity index (χ1) is 12.2. The number of hydrogen-bond acceptors (Lipinski definition) is 4. The SMILES string of the molecule is COc1ccc(N2CCN(CC(=O)Nc3ccccc3Cl)CC2)cc1. The maximum Gasteiger partial charge on any atom is 0.238 e. The molecule has 25 heavy (non-hydrogen) atoms. The Morgan fingerprint density at radius 2 is 1.76 bits per heavy atom. The molecule has 0 bridgehead atoms. The van der Waals surface area contributed by atoms with Crippen molar-refractivity contribution in [1.82, 2.24) is 4.90 Å². The lowest BCUT2D eigenvalue weighted by Crippen LogP contribution is -2.48. The molecule has 0 saturated carbocycles. The second kappa shape index (κ2) is 8.23. The summed E-state index contributed by atoms with van der Waals surface area (Å²) >= 11 is 6.08. The molecule has 1 heterocycles. The van der Waals surface area contributed by atoms with Crippen molar-refractivity contribution in [2.75, 3.05) is 50.1 Å². The highest BCUT2D eigenvalue weighted by molar-refractivity contribution is 6.33. The zero-order chi connectivity index (χ0) is 17.6. The predicted octanol–water partition coefficient (Wildman–Crippen LogP) is 3.11. The number of rotatable bonds is 5. The summed E-state index contributed by atoms with van der Waals surface area (Å²) in [6, 6.07) is 15.4. The molecule has 0 spiro atoms. The number of methoxy groups -OCH3 is 1. The molecule has 1 N–H and O–H groups in total. The number of ether oxygens (including phenoxy) is 1. The molecule has 2 aromatic rings. The quantitative estimate of drug-likeness (QED) is 0.891. The van der Waals surface area contributed by atoms with Crippen LogP contribution in [-0.4, -0.2) is 50.6 Å². The summed E-state index contributed by atoms with van der Waals surface area (Å²) in [6.45, 7) is 3.86. The topological polar surface area (TPSA) is 44.8 Å². The maximum absolute atomic E-state index is 12.2. The number of nitrogens with one attached hydrogen (secondary N) is 1. The fraction of sp³-hybridized carbons (Fsp3) is 0.316. The first kappa shape index (κ1) is 17.6. The van der Waals surface area contributed by atoms with E-state index in [0.29, 0.717) is 17.3 Å². The Balaban J connectivity index is 1.48. The number of carbonyl (C=O) groups is 1. The Morgan fingerprint density at radius 3 is 2.40 bits per heavy atom. The van der Waals surface area contributed by atoms with E-state index in [1.807, 2.05) is 30.3 Å². The van der Waals surface area contributed by atoms with Crippen LogP contribution in [0.25, 0.3) is 0 Å². The van der Waals surface area contributed by atoms with Crippen LogP contribution in [0.5, 0.6) is 5.75 Å². The molecule has 1 fully saturated rings. The second-order valence-corrected chi connectivity index (χ2v) is 6.40. The van der Waals surface area contributed by atoms with Crippen molar-refractivity contribution in [1.29, 1.82) is 0 Å². The summed E-state index contributed by atoms with van der Waals surface area (Å²) < 4.78 is 5.19. The van der Waals surface area contributed by atoms with Crippen LogP contribution in [0.3, 0.4) is 0 Å². The van der Waals surface area contributed by atoms with E-state index in [2.05, 4.69) is 27.2 Å².